The molecule has 4 aliphatic rings. The van der Waals surface area contributed by atoms with Gasteiger partial charge in [-0.15, -0.1) is 0 Å². The Bertz CT molecular complexity index is 673. The highest BCUT2D eigenvalue weighted by molar-refractivity contribution is 5.89. The zero-order valence-corrected chi connectivity index (χ0v) is 21.1. The molecule has 0 aromatic rings. The maximum absolute atomic E-state index is 13.5. The smallest absolute Gasteiger partial charge is 0.165 e. The molecule has 178 valence electrons. The van der Waals surface area contributed by atoms with Crippen molar-refractivity contribution in [3.05, 3.63) is 0 Å². The third kappa shape index (κ3) is 3.65. The van der Waals surface area contributed by atoms with Gasteiger partial charge in [-0.3, -0.25) is 4.79 Å². The van der Waals surface area contributed by atoms with E-state index >= 15 is 0 Å². The summed E-state index contributed by atoms with van der Waals surface area (Å²) in [6.45, 7) is 12.0. The van der Waals surface area contributed by atoms with Gasteiger partial charge < -0.3 is 9.84 Å². The highest BCUT2D eigenvalue weighted by atomic mass is 16.5. The number of Topliss-reactive ketones (excluding diaryl/α,β-unsaturated/α-hetero) is 1. The van der Waals surface area contributed by atoms with Gasteiger partial charge in [0.2, 0.25) is 0 Å². The van der Waals surface area contributed by atoms with Gasteiger partial charge in [-0.05, 0) is 79.4 Å². The van der Waals surface area contributed by atoms with Gasteiger partial charge in [-0.2, -0.15) is 0 Å². The quantitative estimate of drug-likeness (QED) is 0.527. The summed E-state index contributed by atoms with van der Waals surface area (Å²) in [5, 5.41) is 11.7. The topological polar surface area (TPSA) is 46.5 Å². The van der Waals surface area contributed by atoms with Gasteiger partial charge in [0.25, 0.3) is 0 Å². The molecule has 9 atom stereocenters. The second-order valence-electron chi connectivity index (χ2n) is 12.9. The summed E-state index contributed by atoms with van der Waals surface area (Å²) in [4.78, 5) is 13.5. The van der Waals surface area contributed by atoms with Crippen LogP contribution in [-0.4, -0.2) is 29.7 Å². The normalized spacial score (nSPS) is 48.3. The molecule has 0 aromatic heterocycles. The van der Waals surface area contributed by atoms with Crippen molar-refractivity contribution in [2.75, 3.05) is 7.11 Å². The molecule has 0 saturated heterocycles. The molecule has 0 aliphatic heterocycles. The minimum Gasteiger partial charge on any atom is -0.381 e. The van der Waals surface area contributed by atoms with Crippen molar-refractivity contribution >= 4 is 5.78 Å². The number of carbonyl (C=O) groups is 1. The molecule has 4 aliphatic carbocycles. The number of ether oxygens (including phenoxy) is 1. The molecule has 0 aromatic carbocycles. The second kappa shape index (κ2) is 8.42. The van der Waals surface area contributed by atoms with Crippen LogP contribution in [0.2, 0.25) is 0 Å². The number of hydrogen-bond acceptors (Lipinski definition) is 3. The maximum Gasteiger partial charge on any atom is 0.165 e. The molecule has 4 saturated carbocycles. The van der Waals surface area contributed by atoms with E-state index in [-0.39, 0.29) is 17.3 Å². The number of carbonyl (C=O) groups excluding carboxylic acids is 1. The van der Waals surface area contributed by atoms with E-state index in [0.29, 0.717) is 36.0 Å². The Morgan fingerprint density at radius 1 is 1.03 bits per heavy atom. The average molecular weight is 433 g/mol. The van der Waals surface area contributed by atoms with Crippen molar-refractivity contribution in [2.24, 2.45) is 46.3 Å². The number of rotatable bonds is 6. The van der Waals surface area contributed by atoms with Crippen molar-refractivity contribution in [1.29, 1.82) is 0 Å². The summed E-state index contributed by atoms with van der Waals surface area (Å²) in [6, 6.07) is 0. The van der Waals surface area contributed by atoms with Crippen LogP contribution in [0.15, 0.2) is 0 Å². The lowest BCUT2D eigenvalue weighted by Crippen LogP contribution is -2.67. The van der Waals surface area contributed by atoms with Gasteiger partial charge in [0, 0.05) is 25.4 Å². The van der Waals surface area contributed by atoms with Crippen molar-refractivity contribution in [2.45, 2.75) is 117 Å². The Balaban J connectivity index is 1.53. The molecule has 0 amide bonds. The Kier molecular flexibility index (Phi) is 6.45. The van der Waals surface area contributed by atoms with Crippen LogP contribution >= 0.6 is 0 Å². The van der Waals surface area contributed by atoms with Crippen LogP contribution < -0.4 is 0 Å². The molecular weight excluding hydrogens is 384 g/mol. The molecule has 4 unspecified atom stereocenters. The van der Waals surface area contributed by atoms with Crippen LogP contribution in [0.4, 0.5) is 0 Å². The number of aliphatic hydroxyl groups is 1. The van der Waals surface area contributed by atoms with E-state index < -0.39 is 5.60 Å². The van der Waals surface area contributed by atoms with Gasteiger partial charge in [0.05, 0.1) is 6.10 Å². The van der Waals surface area contributed by atoms with Gasteiger partial charge in [0.1, 0.15) is 5.60 Å². The summed E-state index contributed by atoms with van der Waals surface area (Å²) in [7, 11) is 1.72. The Labute approximate surface area is 191 Å². The van der Waals surface area contributed by atoms with Gasteiger partial charge in [0.15, 0.2) is 5.78 Å². The molecule has 31 heavy (non-hydrogen) atoms. The van der Waals surface area contributed by atoms with E-state index in [0.717, 1.165) is 30.6 Å². The van der Waals surface area contributed by atoms with Crippen LogP contribution in [0.5, 0.6) is 0 Å². The molecule has 3 nitrogen and oxygen atoms in total. The number of methoxy groups -OCH3 is 1. The third-order valence-corrected chi connectivity index (χ3v) is 11.1. The van der Waals surface area contributed by atoms with E-state index in [9.17, 15) is 9.90 Å². The van der Waals surface area contributed by atoms with Crippen molar-refractivity contribution in [1.82, 2.24) is 0 Å². The number of ketones is 1. The van der Waals surface area contributed by atoms with E-state index in [1.165, 1.54) is 44.9 Å². The fourth-order valence-electron chi connectivity index (χ4n) is 9.23. The summed E-state index contributed by atoms with van der Waals surface area (Å²) in [5.41, 5.74) is -1.07. The standard InChI is InChI=1S/C28H48O3/c1-18(2)8-7-9-19(3)22-10-11-23-21-16-25(29)28(30)17-20(31-6)12-15-27(28,5)24(21)13-14-26(22,23)4/h18-24,30H,7-17H2,1-6H3/t19?,20-,21?,22-,23?,24?,26-,27-,28+/m1/s1. The zero-order chi connectivity index (χ0) is 22.6. The molecule has 0 spiro atoms. The molecule has 1 N–H and O–H groups in total. The predicted octanol–water partition coefficient (Wildman–Crippen LogP) is 6.42. The lowest BCUT2D eigenvalue weighted by Gasteiger charge is -2.63. The van der Waals surface area contributed by atoms with Crippen LogP contribution in [0.1, 0.15) is 105 Å². The number of fused-ring (bicyclic) bond motifs is 5. The SMILES string of the molecule is CO[C@@H]1CC[C@]2(C)C3CC[C@@]4(C)C(CC[C@@H]4C(C)CCCC(C)C)C3CC(=O)[C@@]2(O)C1. The molecule has 0 heterocycles. The second-order valence-corrected chi connectivity index (χ2v) is 12.9. The largest absolute Gasteiger partial charge is 0.381 e. The average Bonchev–Trinajstić information content (AvgIpc) is 3.06. The first kappa shape index (κ1) is 23.7. The summed E-state index contributed by atoms with van der Waals surface area (Å²) in [5.74, 6) is 4.14. The molecule has 0 bridgehead atoms. The van der Waals surface area contributed by atoms with Gasteiger partial charge in [-0.1, -0.05) is 53.9 Å². The molecule has 4 rings (SSSR count). The lowest BCUT2D eigenvalue weighted by molar-refractivity contribution is -0.215. The van der Waals surface area contributed by atoms with Crippen LogP contribution in [0, 0.1) is 46.3 Å². The fraction of sp³-hybridized carbons (Fsp3) is 0.964. The van der Waals surface area contributed by atoms with Crippen molar-refractivity contribution in [3.8, 4) is 0 Å². The highest BCUT2D eigenvalue weighted by Gasteiger charge is 2.67. The van der Waals surface area contributed by atoms with Crippen molar-refractivity contribution < 1.29 is 14.6 Å². The maximum atomic E-state index is 13.5. The Hall–Kier alpha value is -0.410. The Morgan fingerprint density at radius 3 is 2.45 bits per heavy atom. The van der Waals surface area contributed by atoms with Crippen molar-refractivity contribution in [3.63, 3.8) is 0 Å². The minimum absolute atomic E-state index is 0.0231. The Morgan fingerprint density at radius 2 is 1.77 bits per heavy atom. The van der Waals surface area contributed by atoms with E-state index in [1.807, 2.05) is 0 Å². The zero-order valence-electron chi connectivity index (χ0n) is 21.1. The predicted molar refractivity (Wildman–Crippen MR) is 126 cm³/mol. The van der Waals surface area contributed by atoms with E-state index in [1.54, 1.807) is 7.11 Å². The number of hydrogen-bond donors (Lipinski definition) is 1. The lowest BCUT2D eigenvalue weighted by atomic mass is 9.42. The van der Waals surface area contributed by atoms with Crippen LogP contribution in [-0.2, 0) is 9.53 Å². The molecular formula is C28H48O3. The van der Waals surface area contributed by atoms with Gasteiger partial charge in [-0.25, -0.2) is 0 Å². The third-order valence-electron chi connectivity index (χ3n) is 11.1. The van der Waals surface area contributed by atoms with Gasteiger partial charge >= 0.3 is 0 Å². The fourth-order valence-corrected chi connectivity index (χ4v) is 9.23. The van der Waals surface area contributed by atoms with Crippen LogP contribution in [0.25, 0.3) is 0 Å². The summed E-state index contributed by atoms with van der Waals surface area (Å²) >= 11 is 0. The van der Waals surface area contributed by atoms with Crippen LogP contribution in [0.3, 0.4) is 0 Å². The first-order valence-electron chi connectivity index (χ1n) is 13.3. The molecule has 0 radical (unpaired) electrons. The summed E-state index contributed by atoms with van der Waals surface area (Å²) in [6.07, 6.45) is 12.2. The monoisotopic (exact) mass is 432 g/mol. The highest BCUT2D eigenvalue weighted by Crippen LogP contribution is 2.68. The van der Waals surface area contributed by atoms with E-state index in [4.69, 9.17) is 4.74 Å². The van der Waals surface area contributed by atoms with E-state index in [2.05, 4.69) is 34.6 Å². The molecule has 3 heteroatoms. The first-order valence-corrected chi connectivity index (χ1v) is 13.3. The summed E-state index contributed by atoms with van der Waals surface area (Å²) < 4.78 is 5.60. The minimum atomic E-state index is -1.18. The first-order chi connectivity index (χ1) is 14.6. The molecule has 4 fully saturated rings.